The van der Waals surface area contributed by atoms with Gasteiger partial charge >= 0.3 is 6.03 Å². The van der Waals surface area contributed by atoms with Crippen LogP contribution < -0.4 is 10.2 Å². The monoisotopic (exact) mass is 407 g/mol. The minimum absolute atomic E-state index is 0.198. The summed E-state index contributed by atoms with van der Waals surface area (Å²) in [5.41, 5.74) is 2.59. The molecule has 2 aromatic carbocycles. The Morgan fingerprint density at radius 3 is 2.34 bits per heavy atom. The summed E-state index contributed by atoms with van der Waals surface area (Å²) in [6.07, 6.45) is 0.787. The van der Waals surface area contributed by atoms with Gasteiger partial charge < -0.3 is 20.2 Å². The third-order valence-electron chi connectivity index (χ3n) is 4.95. The minimum atomic E-state index is -0.198. The molecule has 0 aliphatic carbocycles. The van der Waals surface area contributed by atoms with Crippen LogP contribution in [0.5, 0.6) is 5.75 Å². The van der Waals surface area contributed by atoms with Gasteiger partial charge in [-0.25, -0.2) is 4.79 Å². The second-order valence-electron chi connectivity index (χ2n) is 6.79. The Kier molecular flexibility index (Phi) is 5.48. The average Bonchev–Trinajstić information content (AvgIpc) is 3.18. The highest BCUT2D eigenvalue weighted by molar-refractivity contribution is 7.17. The number of aromatic hydroxyl groups is 1. The fraction of sp³-hybridized carbons (Fsp3) is 0.182. The lowest BCUT2D eigenvalue weighted by Crippen LogP contribution is -2.50. The van der Waals surface area contributed by atoms with Gasteiger partial charge in [-0.3, -0.25) is 4.79 Å². The number of amides is 2. The molecule has 2 amide bonds. The van der Waals surface area contributed by atoms with Gasteiger partial charge in [0, 0.05) is 36.7 Å². The number of aldehydes is 1. The van der Waals surface area contributed by atoms with Gasteiger partial charge in [0.15, 0.2) is 6.29 Å². The molecule has 0 bridgehead atoms. The number of phenols is 1. The number of piperazine rings is 1. The molecule has 4 rings (SSSR count). The summed E-state index contributed by atoms with van der Waals surface area (Å²) in [6.45, 7) is 2.58. The van der Waals surface area contributed by atoms with Crippen molar-refractivity contribution < 1.29 is 14.7 Å². The van der Waals surface area contributed by atoms with Crippen LogP contribution in [-0.2, 0) is 0 Å². The molecule has 29 heavy (non-hydrogen) atoms. The normalized spacial score (nSPS) is 13.9. The van der Waals surface area contributed by atoms with Crippen LogP contribution in [0.25, 0.3) is 10.4 Å². The van der Waals surface area contributed by atoms with E-state index >= 15 is 0 Å². The molecule has 0 radical (unpaired) electrons. The molecule has 148 valence electrons. The maximum atomic E-state index is 12.7. The lowest BCUT2D eigenvalue weighted by molar-refractivity contribution is 0.112. The number of hydrogen-bond donors (Lipinski definition) is 2. The van der Waals surface area contributed by atoms with Crippen molar-refractivity contribution in [2.45, 2.75) is 0 Å². The van der Waals surface area contributed by atoms with Crippen molar-refractivity contribution in [3.8, 4) is 16.2 Å². The van der Waals surface area contributed by atoms with Crippen LogP contribution >= 0.6 is 11.3 Å². The first-order chi connectivity index (χ1) is 14.1. The van der Waals surface area contributed by atoms with E-state index in [4.69, 9.17) is 0 Å². The highest BCUT2D eigenvalue weighted by atomic mass is 32.1. The van der Waals surface area contributed by atoms with E-state index in [1.165, 1.54) is 11.3 Å². The molecule has 0 unspecified atom stereocenters. The van der Waals surface area contributed by atoms with Crippen molar-refractivity contribution in [2.24, 2.45) is 0 Å². The summed E-state index contributed by atoms with van der Waals surface area (Å²) >= 11 is 1.37. The molecule has 3 aromatic rings. The predicted molar refractivity (Wildman–Crippen MR) is 116 cm³/mol. The first kappa shape index (κ1) is 19.0. The molecule has 1 aromatic heterocycles. The van der Waals surface area contributed by atoms with Crippen LogP contribution in [0.15, 0.2) is 60.7 Å². The molecular weight excluding hydrogens is 386 g/mol. The van der Waals surface area contributed by atoms with E-state index in [-0.39, 0.29) is 11.8 Å². The van der Waals surface area contributed by atoms with Crippen LogP contribution in [0.1, 0.15) is 9.67 Å². The fourth-order valence-corrected chi connectivity index (χ4v) is 4.30. The Labute approximate surface area is 173 Å². The minimum Gasteiger partial charge on any atom is -0.508 e. The highest BCUT2D eigenvalue weighted by Gasteiger charge is 2.22. The van der Waals surface area contributed by atoms with E-state index in [2.05, 4.69) is 10.2 Å². The Bertz CT molecular complexity index is 994. The van der Waals surface area contributed by atoms with Gasteiger partial charge in [-0.2, -0.15) is 0 Å². The number of thiophene rings is 1. The molecule has 1 aliphatic heterocycles. The van der Waals surface area contributed by atoms with Crippen molar-refractivity contribution in [2.75, 3.05) is 36.4 Å². The van der Waals surface area contributed by atoms with Crippen LogP contribution in [0.4, 0.5) is 16.2 Å². The van der Waals surface area contributed by atoms with Crippen LogP contribution in [0.2, 0.25) is 0 Å². The Balaban J connectivity index is 1.40. The summed E-state index contributed by atoms with van der Waals surface area (Å²) < 4.78 is 0. The molecule has 1 fully saturated rings. The lowest BCUT2D eigenvalue weighted by Gasteiger charge is -2.36. The van der Waals surface area contributed by atoms with E-state index in [1.54, 1.807) is 17.0 Å². The van der Waals surface area contributed by atoms with E-state index in [1.807, 2.05) is 48.5 Å². The zero-order valence-electron chi connectivity index (χ0n) is 15.7. The van der Waals surface area contributed by atoms with Crippen LogP contribution in [0, 0.1) is 0 Å². The van der Waals surface area contributed by atoms with Gasteiger partial charge in [0.2, 0.25) is 0 Å². The second kappa shape index (κ2) is 8.36. The zero-order valence-corrected chi connectivity index (χ0v) is 16.6. The van der Waals surface area contributed by atoms with Crippen molar-refractivity contribution in [1.82, 2.24) is 4.90 Å². The average molecular weight is 407 g/mol. The molecule has 0 spiro atoms. The number of rotatable bonds is 4. The highest BCUT2D eigenvalue weighted by Crippen LogP contribution is 2.34. The van der Waals surface area contributed by atoms with Gasteiger partial charge in [0.1, 0.15) is 5.75 Å². The van der Waals surface area contributed by atoms with Gasteiger partial charge in [0.25, 0.3) is 0 Å². The Hall–Kier alpha value is -3.32. The number of urea groups is 1. The first-order valence-corrected chi connectivity index (χ1v) is 10.2. The number of anilines is 2. The summed E-state index contributed by atoms with van der Waals surface area (Å²) in [5.74, 6) is 0.239. The van der Waals surface area contributed by atoms with E-state index in [0.29, 0.717) is 36.7 Å². The van der Waals surface area contributed by atoms with Crippen molar-refractivity contribution in [3.63, 3.8) is 0 Å². The molecular formula is C22H21N3O3S. The molecule has 1 saturated heterocycles. The number of benzene rings is 2. The van der Waals surface area contributed by atoms with Crippen LogP contribution in [0.3, 0.4) is 0 Å². The Morgan fingerprint density at radius 2 is 1.69 bits per heavy atom. The van der Waals surface area contributed by atoms with Gasteiger partial charge in [-0.1, -0.05) is 30.3 Å². The molecule has 2 heterocycles. The number of nitrogens with one attached hydrogen (secondary N) is 1. The topological polar surface area (TPSA) is 72.9 Å². The summed E-state index contributed by atoms with van der Waals surface area (Å²) in [6, 6.07) is 18.5. The van der Waals surface area contributed by atoms with E-state index in [9.17, 15) is 14.7 Å². The van der Waals surface area contributed by atoms with Crippen molar-refractivity contribution >= 4 is 35.0 Å². The molecule has 0 atom stereocenters. The summed E-state index contributed by atoms with van der Waals surface area (Å²) in [7, 11) is 0. The maximum absolute atomic E-state index is 12.7. The fourth-order valence-electron chi connectivity index (χ4n) is 3.36. The SMILES string of the molecule is O=Cc1sc(-c2ccccc2)cc1NC(=O)N1CCN(c2ccc(O)cc2)CC1. The molecule has 1 aliphatic rings. The molecule has 2 N–H and O–H groups in total. The molecule has 7 heteroatoms. The summed E-state index contributed by atoms with van der Waals surface area (Å²) in [5, 5.41) is 12.3. The van der Waals surface area contributed by atoms with Crippen molar-refractivity contribution in [3.05, 3.63) is 65.5 Å². The van der Waals surface area contributed by atoms with Gasteiger partial charge in [-0.05, 0) is 35.9 Å². The van der Waals surface area contributed by atoms with Crippen molar-refractivity contribution in [1.29, 1.82) is 0 Å². The largest absolute Gasteiger partial charge is 0.508 e. The van der Waals surface area contributed by atoms with E-state index < -0.39 is 0 Å². The number of carbonyl (C=O) groups is 2. The van der Waals surface area contributed by atoms with Crippen LogP contribution in [-0.4, -0.2) is 48.5 Å². The zero-order chi connectivity index (χ0) is 20.2. The number of hydrogen-bond acceptors (Lipinski definition) is 5. The predicted octanol–water partition coefficient (Wildman–Crippen LogP) is 4.29. The van der Waals surface area contributed by atoms with E-state index in [0.717, 1.165) is 22.4 Å². The number of phenolic OH excluding ortho intramolecular Hbond substituents is 1. The maximum Gasteiger partial charge on any atom is 0.322 e. The molecule has 6 nitrogen and oxygen atoms in total. The lowest BCUT2D eigenvalue weighted by atomic mass is 10.2. The standard InChI is InChI=1S/C22H21N3O3S/c26-15-21-19(14-20(29-21)16-4-2-1-3-5-16)23-22(28)25-12-10-24(11-13-25)17-6-8-18(27)9-7-17/h1-9,14-15,27H,10-13H2,(H,23,28). The third-order valence-corrected chi connectivity index (χ3v) is 6.06. The third kappa shape index (κ3) is 4.25. The van der Waals surface area contributed by atoms with Gasteiger partial charge in [-0.15, -0.1) is 11.3 Å². The Morgan fingerprint density at radius 1 is 1.00 bits per heavy atom. The quantitative estimate of drug-likeness (QED) is 0.633. The first-order valence-electron chi connectivity index (χ1n) is 9.38. The molecule has 0 saturated carbocycles. The van der Waals surface area contributed by atoms with Gasteiger partial charge in [0.05, 0.1) is 10.6 Å². The summed E-state index contributed by atoms with van der Waals surface area (Å²) in [4.78, 5) is 29.6. The smallest absolute Gasteiger partial charge is 0.322 e. The second-order valence-corrected chi connectivity index (χ2v) is 7.88. The number of nitrogens with zero attached hydrogens (tertiary/aromatic N) is 2. The number of carbonyl (C=O) groups excluding carboxylic acids is 2.